The van der Waals surface area contributed by atoms with E-state index in [9.17, 15) is 14.9 Å². The van der Waals surface area contributed by atoms with Crippen molar-refractivity contribution in [1.29, 1.82) is 0 Å². The fraction of sp³-hybridized carbons (Fsp3) is 0.364. The van der Waals surface area contributed by atoms with E-state index < -0.39 is 10.8 Å². The monoisotopic (exact) mass is 435 g/mol. The minimum atomic E-state index is -0.474. The molecular formula is C22H25N7O3. The fourth-order valence-electron chi connectivity index (χ4n) is 3.61. The zero-order valence-electron chi connectivity index (χ0n) is 18.3. The molecule has 1 saturated heterocycles. The molecule has 10 nitrogen and oxygen atoms in total. The van der Waals surface area contributed by atoms with Crippen LogP contribution in [0.25, 0.3) is 5.95 Å². The van der Waals surface area contributed by atoms with E-state index in [1.807, 2.05) is 25.7 Å². The second kappa shape index (κ2) is 8.37. The number of aromatic nitrogens is 4. The van der Waals surface area contributed by atoms with Crippen molar-refractivity contribution in [3.63, 3.8) is 0 Å². The van der Waals surface area contributed by atoms with Gasteiger partial charge in [-0.25, -0.2) is 9.97 Å². The number of benzene rings is 1. The number of anilines is 2. The highest BCUT2D eigenvalue weighted by Crippen LogP contribution is 2.32. The molecule has 1 aromatic carbocycles. The third-order valence-electron chi connectivity index (χ3n) is 5.34. The highest BCUT2D eigenvalue weighted by molar-refractivity contribution is 6.04. The van der Waals surface area contributed by atoms with E-state index in [4.69, 9.17) is 0 Å². The molecule has 0 bridgehead atoms. The quantitative estimate of drug-likeness (QED) is 0.479. The molecule has 10 heteroatoms. The van der Waals surface area contributed by atoms with Gasteiger partial charge in [0, 0.05) is 48.6 Å². The second-order valence-corrected chi connectivity index (χ2v) is 8.73. The predicted molar refractivity (Wildman–Crippen MR) is 120 cm³/mol. The number of hydrogen-bond donors (Lipinski definition) is 1. The molecule has 3 aromatic rings. The Morgan fingerprint density at radius 2 is 1.81 bits per heavy atom. The van der Waals surface area contributed by atoms with Crippen molar-refractivity contribution in [2.75, 3.05) is 23.3 Å². The van der Waals surface area contributed by atoms with Crippen molar-refractivity contribution < 1.29 is 9.72 Å². The van der Waals surface area contributed by atoms with Gasteiger partial charge in [0.05, 0.1) is 10.6 Å². The van der Waals surface area contributed by atoms with Crippen LogP contribution >= 0.6 is 0 Å². The van der Waals surface area contributed by atoms with Crippen LogP contribution in [-0.4, -0.2) is 43.7 Å². The van der Waals surface area contributed by atoms with Crippen molar-refractivity contribution in [1.82, 2.24) is 19.7 Å². The number of nitro groups is 1. The lowest BCUT2D eigenvalue weighted by Crippen LogP contribution is -2.20. The summed E-state index contributed by atoms with van der Waals surface area (Å²) in [6.07, 6.45) is 5.18. The molecule has 1 aliphatic rings. The molecule has 0 atom stereocenters. The highest BCUT2D eigenvalue weighted by atomic mass is 16.6. The van der Waals surface area contributed by atoms with E-state index in [0.29, 0.717) is 17.5 Å². The van der Waals surface area contributed by atoms with Gasteiger partial charge >= 0.3 is 0 Å². The standard InChI is InChI=1S/C22H25N7O3/c1-22(2,3)18-14-19(28(26-18)21-23-9-6-10-24-21)25-20(30)15-7-8-16(17(13-15)29(31)32)27-11-4-5-12-27/h6-10,13-14H,4-5,11-12H2,1-3H3,(H,25,30). The summed E-state index contributed by atoms with van der Waals surface area (Å²) in [7, 11) is 0. The molecule has 166 valence electrons. The first kappa shape index (κ1) is 21.4. The Morgan fingerprint density at radius 3 is 2.44 bits per heavy atom. The lowest BCUT2D eigenvalue weighted by molar-refractivity contribution is -0.384. The van der Waals surface area contributed by atoms with Crippen molar-refractivity contribution in [3.05, 3.63) is 64.1 Å². The van der Waals surface area contributed by atoms with Crippen molar-refractivity contribution in [3.8, 4) is 5.95 Å². The Bertz CT molecular complexity index is 1150. The maximum Gasteiger partial charge on any atom is 0.293 e. The van der Waals surface area contributed by atoms with Crippen LogP contribution in [0.2, 0.25) is 0 Å². The lowest BCUT2D eigenvalue weighted by atomic mass is 9.92. The van der Waals surface area contributed by atoms with Gasteiger partial charge in [0.25, 0.3) is 17.5 Å². The Kier molecular flexibility index (Phi) is 5.60. The molecular weight excluding hydrogens is 410 g/mol. The average Bonchev–Trinajstić information content (AvgIpc) is 3.44. The van der Waals surface area contributed by atoms with Gasteiger partial charge < -0.3 is 10.2 Å². The third kappa shape index (κ3) is 4.29. The first-order valence-electron chi connectivity index (χ1n) is 10.5. The number of rotatable bonds is 5. The first-order chi connectivity index (χ1) is 15.2. The Morgan fingerprint density at radius 1 is 1.12 bits per heavy atom. The SMILES string of the molecule is CC(C)(C)c1cc(NC(=O)c2ccc(N3CCCC3)c([N+](=O)[O-])c2)n(-c2ncccn2)n1. The summed E-state index contributed by atoms with van der Waals surface area (Å²) in [5, 5.41) is 19.1. The van der Waals surface area contributed by atoms with Crippen LogP contribution in [0.15, 0.2) is 42.7 Å². The predicted octanol–water partition coefficient (Wildman–Crippen LogP) is 3.72. The smallest absolute Gasteiger partial charge is 0.293 e. The summed E-state index contributed by atoms with van der Waals surface area (Å²) < 4.78 is 1.46. The van der Waals surface area contributed by atoms with Gasteiger partial charge in [-0.05, 0) is 31.0 Å². The fourth-order valence-corrected chi connectivity index (χ4v) is 3.61. The van der Waals surface area contributed by atoms with Crippen molar-refractivity contribution in [2.45, 2.75) is 39.0 Å². The average molecular weight is 435 g/mol. The largest absolute Gasteiger partial charge is 0.366 e. The molecule has 4 rings (SSSR count). The molecule has 32 heavy (non-hydrogen) atoms. The van der Waals surface area contributed by atoms with E-state index in [-0.39, 0.29) is 16.7 Å². The minimum absolute atomic E-state index is 0.0742. The van der Waals surface area contributed by atoms with E-state index >= 15 is 0 Å². The summed E-state index contributed by atoms with van der Waals surface area (Å²) in [5.74, 6) is 0.227. The van der Waals surface area contributed by atoms with Crippen LogP contribution in [-0.2, 0) is 5.41 Å². The van der Waals surface area contributed by atoms with Crippen LogP contribution in [0.1, 0.15) is 49.7 Å². The molecule has 1 N–H and O–H groups in total. The van der Waals surface area contributed by atoms with Gasteiger partial charge in [-0.1, -0.05) is 20.8 Å². The molecule has 1 amide bonds. The molecule has 0 saturated carbocycles. The van der Waals surface area contributed by atoms with Gasteiger partial charge in [0.2, 0.25) is 0 Å². The van der Waals surface area contributed by atoms with E-state index in [1.165, 1.54) is 10.7 Å². The molecule has 2 aromatic heterocycles. The van der Waals surface area contributed by atoms with Crippen molar-refractivity contribution in [2.24, 2.45) is 0 Å². The number of nitro benzene ring substituents is 1. The van der Waals surface area contributed by atoms with E-state index in [2.05, 4.69) is 20.4 Å². The molecule has 1 aliphatic heterocycles. The van der Waals surface area contributed by atoms with Gasteiger partial charge in [0.1, 0.15) is 11.5 Å². The van der Waals surface area contributed by atoms with Gasteiger partial charge in [-0.3, -0.25) is 14.9 Å². The van der Waals surface area contributed by atoms with Gasteiger partial charge in [0.15, 0.2) is 0 Å². The highest BCUT2D eigenvalue weighted by Gasteiger charge is 2.26. The third-order valence-corrected chi connectivity index (χ3v) is 5.34. The molecule has 0 spiro atoms. The first-order valence-corrected chi connectivity index (χ1v) is 10.5. The van der Waals surface area contributed by atoms with E-state index in [1.54, 1.807) is 36.7 Å². The second-order valence-electron chi connectivity index (χ2n) is 8.73. The summed E-state index contributed by atoms with van der Waals surface area (Å²) in [6, 6.07) is 8.04. The van der Waals surface area contributed by atoms with Crippen LogP contribution in [0.3, 0.4) is 0 Å². The van der Waals surface area contributed by atoms with Gasteiger partial charge in [-0.2, -0.15) is 9.78 Å². The molecule has 0 unspecified atom stereocenters. The number of nitrogens with zero attached hydrogens (tertiary/aromatic N) is 6. The number of amides is 1. The number of hydrogen-bond acceptors (Lipinski definition) is 7. The Balaban J connectivity index is 1.67. The van der Waals surface area contributed by atoms with Crippen molar-refractivity contribution >= 4 is 23.1 Å². The minimum Gasteiger partial charge on any atom is -0.366 e. The summed E-state index contributed by atoms with van der Waals surface area (Å²) in [6.45, 7) is 7.59. The topological polar surface area (TPSA) is 119 Å². The van der Waals surface area contributed by atoms with Gasteiger partial charge in [-0.15, -0.1) is 0 Å². The molecule has 0 aliphatic carbocycles. The normalized spacial score (nSPS) is 13.9. The zero-order valence-corrected chi connectivity index (χ0v) is 18.3. The van der Waals surface area contributed by atoms with Crippen LogP contribution in [0, 0.1) is 10.1 Å². The maximum atomic E-state index is 13.0. The summed E-state index contributed by atoms with van der Waals surface area (Å²) >= 11 is 0. The van der Waals surface area contributed by atoms with Crippen LogP contribution in [0.5, 0.6) is 0 Å². The summed E-state index contributed by atoms with van der Waals surface area (Å²) in [5.41, 5.74) is 1.14. The maximum absolute atomic E-state index is 13.0. The number of nitrogens with one attached hydrogen (secondary N) is 1. The van der Waals surface area contributed by atoms with Crippen LogP contribution < -0.4 is 10.2 Å². The molecule has 1 fully saturated rings. The molecule has 0 radical (unpaired) electrons. The molecule has 3 heterocycles. The zero-order chi connectivity index (χ0) is 22.9. The van der Waals surface area contributed by atoms with E-state index in [0.717, 1.165) is 31.6 Å². The Labute approximate surface area is 185 Å². The summed E-state index contributed by atoms with van der Waals surface area (Å²) in [4.78, 5) is 34.7. The van der Waals surface area contributed by atoms with Crippen LogP contribution in [0.4, 0.5) is 17.2 Å². The Hall–Kier alpha value is -3.82. The number of carbonyl (C=O) groups excluding carboxylic acids is 1. The number of carbonyl (C=O) groups is 1. The lowest BCUT2D eigenvalue weighted by Gasteiger charge is -2.17.